The number of para-hydroxylation sites is 2. The van der Waals surface area contributed by atoms with Gasteiger partial charge >= 0.3 is 0 Å². The predicted octanol–water partition coefficient (Wildman–Crippen LogP) is 3.59. The number of ether oxygens (including phenoxy) is 2. The van der Waals surface area contributed by atoms with Crippen LogP contribution in [0.5, 0.6) is 11.5 Å². The van der Waals surface area contributed by atoms with Gasteiger partial charge in [0.05, 0.1) is 50.1 Å². The third-order valence-electron chi connectivity index (χ3n) is 4.37. The van der Waals surface area contributed by atoms with Crippen LogP contribution in [0.25, 0.3) is 16.3 Å². The van der Waals surface area contributed by atoms with Gasteiger partial charge in [0.2, 0.25) is 5.91 Å². The van der Waals surface area contributed by atoms with Gasteiger partial charge < -0.3 is 14.8 Å². The Morgan fingerprint density at radius 1 is 1.13 bits per heavy atom. The van der Waals surface area contributed by atoms with Crippen molar-refractivity contribution in [2.24, 2.45) is 0 Å². The molecule has 2 aromatic heterocycles. The fourth-order valence-corrected chi connectivity index (χ4v) is 3.78. The molecule has 0 bridgehead atoms. The van der Waals surface area contributed by atoms with Gasteiger partial charge in [-0.3, -0.25) is 4.79 Å². The van der Waals surface area contributed by atoms with Crippen LogP contribution in [0.1, 0.15) is 5.69 Å². The lowest BCUT2D eigenvalue weighted by molar-refractivity contribution is -0.115. The first-order chi connectivity index (χ1) is 14.7. The summed E-state index contributed by atoms with van der Waals surface area (Å²) in [6.07, 6.45) is 3.47. The largest absolute Gasteiger partial charge is 0.493 e. The van der Waals surface area contributed by atoms with Crippen LogP contribution < -0.4 is 14.8 Å². The predicted molar refractivity (Wildman–Crippen MR) is 114 cm³/mol. The molecule has 0 aliphatic carbocycles. The van der Waals surface area contributed by atoms with E-state index < -0.39 is 0 Å². The molecule has 2 aromatic carbocycles. The molecule has 1 N–H and O–H groups in total. The van der Waals surface area contributed by atoms with E-state index in [1.54, 1.807) is 31.3 Å². The average Bonchev–Trinajstić information content (AvgIpc) is 3.46. The molecule has 0 atom stereocenters. The highest BCUT2D eigenvalue weighted by molar-refractivity contribution is 7.13. The lowest BCUT2D eigenvalue weighted by Gasteiger charge is -2.10. The highest BCUT2D eigenvalue weighted by Crippen LogP contribution is 2.33. The van der Waals surface area contributed by atoms with Crippen LogP contribution in [-0.2, 0) is 11.2 Å². The third-order valence-corrected chi connectivity index (χ3v) is 5.31. The molecule has 1 amide bonds. The first-order valence-corrected chi connectivity index (χ1v) is 9.98. The van der Waals surface area contributed by atoms with Crippen molar-refractivity contribution in [3.8, 4) is 27.8 Å². The summed E-state index contributed by atoms with van der Waals surface area (Å²) in [5.41, 5.74) is 3.00. The molecular weight excluding hydrogens is 402 g/mol. The monoisotopic (exact) mass is 421 g/mol. The van der Waals surface area contributed by atoms with E-state index in [4.69, 9.17) is 9.47 Å². The molecule has 9 heteroatoms. The Labute approximate surface area is 177 Å². The Bertz CT molecular complexity index is 1160. The molecule has 8 nitrogen and oxygen atoms in total. The molecule has 0 saturated carbocycles. The van der Waals surface area contributed by atoms with Crippen LogP contribution in [0.15, 0.2) is 60.2 Å². The van der Waals surface area contributed by atoms with E-state index in [1.165, 1.54) is 11.3 Å². The molecule has 0 aliphatic heterocycles. The third kappa shape index (κ3) is 4.15. The van der Waals surface area contributed by atoms with Crippen molar-refractivity contribution in [3.63, 3.8) is 0 Å². The number of thiazole rings is 1. The van der Waals surface area contributed by atoms with Gasteiger partial charge in [0, 0.05) is 10.9 Å². The number of carbonyl (C=O) groups excluding carboxylic acids is 1. The van der Waals surface area contributed by atoms with Crippen molar-refractivity contribution in [3.05, 3.63) is 65.9 Å². The summed E-state index contributed by atoms with van der Waals surface area (Å²) in [6, 6.07) is 13.0. The Balaban J connectivity index is 1.48. The highest BCUT2D eigenvalue weighted by Gasteiger charge is 2.13. The van der Waals surface area contributed by atoms with E-state index in [9.17, 15) is 4.79 Å². The van der Waals surface area contributed by atoms with Crippen LogP contribution in [0.2, 0.25) is 0 Å². The first-order valence-electron chi connectivity index (χ1n) is 9.10. The summed E-state index contributed by atoms with van der Waals surface area (Å²) < 4.78 is 12.2. The zero-order valence-corrected chi connectivity index (χ0v) is 17.2. The van der Waals surface area contributed by atoms with E-state index in [0.29, 0.717) is 22.9 Å². The second kappa shape index (κ2) is 8.75. The van der Waals surface area contributed by atoms with Gasteiger partial charge in [-0.25, -0.2) is 9.67 Å². The number of anilines is 1. The molecule has 0 fully saturated rings. The Kier molecular flexibility index (Phi) is 5.71. The minimum atomic E-state index is -0.160. The number of hydrogen-bond acceptors (Lipinski definition) is 7. The topological polar surface area (TPSA) is 91.2 Å². The zero-order valence-electron chi connectivity index (χ0n) is 16.4. The zero-order chi connectivity index (χ0) is 20.9. The van der Waals surface area contributed by atoms with Crippen molar-refractivity contribution < 1.29 is 14.3 Å². The second-order valence-electron chi connectivity index (χ2n) is 6.30. The second-order valence-corrected chi connectivity index (χ2v) is 7.16. The summed E-state index contributed by atoms with van der Waals surface area (Å²) in [5, 5.41) is 13.4. The number of nitrogens with zero attached hydrogens (tertiary/aromatic N) is 4. The first kappa shape index (κ1) is 19.6. The quantitative estimate of drug-likeness (QED) is 0.490. The fraction of sp³-hybridized carbons (Fsp3) is 0.143. The molecule has 0 unspecified atom stereocenters. The molecular formula is C21H19N5O3S. The SMILES string of the molecule is COc1ccc(-c2nc(CC(=O)Nc3ccccc3-n3ccnn3)cs2)cc1OC. The number of carbonyl (C=O) groups is 1. The minimum absolute atomic E-state index is 0.160. The minimum Gasteiger partial charge on any atom is -0.493 e. The Morgan fingerprint density at radius 2 is 1.97 bits per heavy atom. The smallest absolute Gasteiger partial charge is 0.230 e. The lowest BCUT2D eigenvalue weighted by atomic mass is 10.2. The molecule has 2 heterocycles. The maximum atomic E-state index is 12.6. The van der Waals surface area contributed by atoms with Crippen LogP contribution in [0.3, 0.4) is 0 Å². The van der Waals surface area contributed by atoms with Crippen molar-refractivity contribution in [2.75, 3.05) is 19.5 Å². The molecule has 4 rings (SSSR count). The summed E-state index contributed by atoms with van der Waals surface area (Å²) in [5.74, 6) is 1.13. The van der Waals surface area contributed by atoms with E-state index in [-0.39, 0.29) is 12.3 Å². The number of benzene rings is 2. The maximum Gasteiger partial charge on any atom is 0.230 e. The van der Waals surface area contributed by atoms with Crippen LogP contribution in [-0.4, -0.2) is 40.1 Å². The summed E-state index contributed by atoms with van der Waals surface area (Å²) in [6.45, 7) is 0. The van der Waals surface area contributed by atoms with Gasteiger partial charge in [0.1, 0.15) is 5.01 Å². The van der Waals surface area contributed by atoms with E-state index >= 15 is 0 Å². The molecule has 0 radical (unpaired) electrons. The lowest BCUT2D eigenvalue weighted by Crippen LogP contribution is -2.16. The normalized spacial score (nSPS) is 10.6. The van der Waals surface area contributed by atoms with Crippen molar-refractivity contribution in [1.82, 2.24) is 20.0 Å². The number of amides is 1. The van der Waals surface area contributed by atoms with Crippen LogP contribution in [0.4, 0.5) is 5.69 Å². The van der Waals surface area contributed by atoms with Gasteiger partial charge in [-0.15, -0.1) is 16.4 Å². The van der Waals surface area contributed by atoms with E-state index in [2.05, 4.69) is 20.6 Å². The van der Waals surface area contributed by atoms with E-state index in [0.717, 1.165) is 16.3 Å². The fourth-order valence-electron chi connectivity index (χ4n) is 2.96. The average molecular weight is 421 g/mol. The number of rotatable bonds is 7. The molecule has 0 aliphatic rings. The number of aromatic nitrogens is 4. The van der Waals surface area contributed by atoms with Gasteiger partial charge in [-0.2, -0.15) is 0 Å². The summed E-state index contributed by atoms with van der Waals surface area (Å²) in [4.78, 5) is 17.2. The van der Waals surface area contributed by atoms with Crippen molar-refractivity contribution in [2.45, 2.75) is 6.42 Å². The number of hydrogen-bond donors (Lipinski definition) is 1. The van der Waals surface area contributed by atoms with Crippen LogP contribution in [0, 0.1) is 0 Å². The van der Waals surface area contributed by atoms with Crippen molar-refractivity contribution in [1.29, 1.82) is 0 Å². The maximum absolute atomic E-state index is 12.6. The van der Waals surface area contributed by atoms with Gasteiger partial charge in [-0.05, 0) is 30.3 Å². The Hall–Kier alpha value is -3.72. The number of nitrogens with one attached hydrogen (secondary N) is 1. The molecule has 0 spiro atoms. The molecule has 152 valence electrons. The molecule has 0 saturated heterocycles. The van der Waals surface area contributed by atoms with Gasteiger partial charge in [-0.1, -0.05) is 17.3 Å². The van der Waals surface area contributed by atoms with Crippen molar-refractivity contribution >= 4 is 22.9 Å². The van der Waals surface area contributed by atoms with Gasteiger partial charge in [0.25, 0.3) is 0 Å². The molecule has 4 aromatic rings. The summed E-state index contributed by atoms with van der Waals surface area (Å²) in [7, 11) is 3.19. The summed E-state index contributed by atoms with van der Waals surface area (Å²) >= 11 is 1.47. The molecule has 30 heavy (non-hydrogen) atoms. The van der Waals surface area contributed by atoms with Crippen LogP contribution >= 0.6 is 11.3 Å². The van der Waals surface area contributed by atoms with E-state index in [1.807, 2.05) is 47.8 Å². The highest BCUT2D eigenvalue weighted by atomic mass is 32.1. The number of methoxy groups -OCH3 is 2. The standard InChI is InChI=1S/C21H19N5O3S/c1-28-18-8-7-14(11-19(18)29-2)21-23-15(13-30-21)12-20(27)24-16-5-3-4-6-17(16)26-10-9-22-25-26/h3-11,13H,12H2,1-2H3,(H,24,27). The van der Waals surface area contributed by atoms with Gasteiger partial charge in [0.15, 0.2) is 11.5 Å². The Morgan fingerprint density at radius 3 is 2.73 bits per heavy atom.